The Morgan fingerprint density at radius 3 is 2.71 bits per heavy atom. The van der Waals surface area contributed by atoms with Gasteiger partial charge < -0.3 is 4.90 Å². The number of benzene rings is 1. The van der Waals surface area contributed by atoms with Crippen LogP contribution in [-0.4, -0.2) is 25.3 Å². The van der Waals surface area contributed by atoms with E-state index in [0.29, 0.717) is 5.02 Å². The summed E-state index contributed by atoms with van der Waals surface area (Å²) in [5.74, 6) is 0. The fourth-order valence-electron chi connectivity index (χ4n) is 0.789. The summed E-state index contributed by atoms with van der Waals surface area (Å²) in [6.07, 6.45) is 1.76. The van der Waals surface area contributed by atoms with Crippen molar-refractivity contribution in [2.75, 3.05) is 14.1 Å². The van der Waals surface area contributed by atoms with Gasteiger partial charge in [0.15, 0.2) is 0 Å². The Bertz CT molecular complexity index is 366. The van der Waals surface area contributed by atoms with Crippen molar-refractivity contribution >= 4 is 62.1 Å². The maximum Gasteiger partial charge on any atom is 0.0907 e. The number of hydrogen-bond acceptors (Lipinski definition) is 1. The van der Waals surface area contributed by atoms with Crippen LogP contribution in [0.1, 0.15) is 0 Å². The first-order valence-corrected chi connectivity index (χ1v) is 6.11. The van der Waals surface area contributed by atoms with Crippen LogP contribution in [0.25, 0.3) is 0 Å². The fraction of sp³-hybridized carbons (Fsp3) is 0.222. The summed E-state index contributed by atoms with van der Waals surface area (Å²) in [7, 11) is 3.86. The predicted molar refractivity (Wildman–Crippen MR) is 73.7 cm³/mol. The molecule has 0 N–H and O–H groups in total. The molecular formula is C9H9BrClIN2. The molecule has 5 heteroatoms. The lowest BCUT2D eigenvalue weighted by molar-refractivity contribution is 0.643. The van der Waals surface area contributed by atoms with Crippen molar-refractivity contribution < 1.29 is 0 Å². The van der Waals surface area contributed by atoms with Crippen LogP contribution in [0.3, 0.4) is 0 Å². The molecule has 0 amide bonds. The van der Waals surface area contributed by atoms with Crippen molar-refractivity contribution in [1.82, 2.24) is 4.90 Å². The first kappa shape index (κ1) is 12.3. The van der Waals surface area contributed by atoms with Gasteiger partial charge in [0.25, 0.3) is 0 Å². The van der Waals surface area contributed by atoms with Crippen molar-refractivity contribution in [1.29, 1.82) is 0 Å². The van der Waals surface area contributed by atoms with E-state index < -0.39 is 0 Å². The molecule has 0 saturated carbocycles. The monoisotopic (exact) mass is 386 g/mol. The summed E-state index contributed by atoms with van der Waals surface area (Å²) in [5, 5.41) is 0.707. The van der Waals surface area contributed by atoms with E-state index in [1.807, 2.05) is 31.1 Å². The highest BCUT2D eigenvalue weighted by molar-refractivity contribution is 14.1. The highest BCUT2D eigenvalue weighted by atomic mass is 127. The minimum atomic E-state index is 0.707. The van der Waals surface area contributed by atoms with Crippen LogP contribution in [0.4, 0.5) is 5.69 Å². The molecule has 0 atom stereocenters. The molecule has 0 aromatic heterocycles. The van der Waals surface area contributed by atoms with Crippen LogP contribution in [-0.2, 0) is 0 Å². The third-order valence-electron chi connectivity index (χ3n) is 1.42. The van der Waals surface area contributed by atoms with E-state index in [0.717, 1.165) is 13.7 Å². The van der Waals surface area contributed by atoms with Gasteiger partial charge in [-0.25, -0.2) is 4.99 Å². The Hall–Kier alpha value is 0.190. The third-order valence-corrected chi connectivity index (χ3v) is 3.48. The summed E-state index contributed by atoms with van der Waals surface area (Å²) >= 11 is 11.5. The number of hydrogen-bond donors (Lipinski definition) is 0. The molecule has 0 saturated heterocycles. The molecule has 0 bridgehead atoms. The fourth-order valence-corrected chi connectivity index (χ4v) is 2.07. The zero-order chi connectivity index (χ0) is 10.7. The van der Waals surface area contributed by atoms with E-state index in [-0.39, 0.29) is 0 Å². The summed E-state index contributed by atoms with van der Waals surface area (Å²) in [4.78, 5) is 6.20. The quantitative estimate of drug-likeness (QED) is 0.325. The average molecular weight is 387 g/mol. The average Bonchev–Trinajstić information content (AvgIpc) is 2.09. The van der Waals surface area contributed by atoms with E-state index in [1.54, 1.807) is 6.34 Å². The van der Waals surface area contributed by atoms with Gasteiger partial charge in [0.05, 0.1) is 17.0 Å². The van der Waals surface area contributed by atoms with E-state index in [2.05, 4.69) is 43.5 Å². The number of rotatable bonds is 2. The number of halogens is 3. The van der Waals surface area contributed by atoms with Crippen LogP contribution in [0, 0.1) is 3.57 Å². The van der Waals surface area contributed by atoms with Crippen LogP contribution in [0.2, 0.25) is 5.02 Å². The van der Waals surface area contributed by atoms with Gasteiger partial charge in [-0.15, -0.1) is 0 Å². The summed E-state index contributed by atoms with van der Waals surface area (Å²) in [6.45, 7) is 0. The van der Waals surface area contributed by atoms with Crippen molar-refractivity contribution in [3.8, 4) is 0 Å². The zero-order valence-electron chi connectivity index (χ0n) is 7.76. The second-order valence-electron chi connectivity index (χ2n) is 2.93. The maximum absolute atomic E-state index is 5.93. The molecular weight excluding hydrogens is 378 g/mol. The van der Waals surface area contributed by atoms with Gasteiger partial charge in [-0.3, -0.25) is 0 Å². The lowest BCUT2D eigenvalue weighted by atomic mass is 10.3. The van der Waals surface area contributed by atoms with E-state index >= 15 is 0 Å². The summed E-state index contributed by atoms with van der Waals surface area (Å²) < 4.78 is 1.90. The Balaban J connectivity index is 3.04. The molecule has 1 rings (SSSR count). The van der Waals surface area contributed by atoms with E-state index in [1.165, 1.54) is 0 Å². The van der Waals surface area contributed by atoms with Gasteiger partial charge in [-0.1, -0.05) is 11.6 Å². The van der Waals surface area contributed by atoms with Crippen LogP contribution < -0.4 is 0 Å². The lowest BCUT2D eigenvalue weighted by Gasteiger charge is -2.05. The highest BCUT2D eigenvalue weighted by Gasteiger charge is 2.03. The summed E-state index contributed by atoms with van der Waals surface area (Å²) in [6, 6.07) is 3.79. The van der Waals surface area contributed by atoms with E-state index in [9.17, 15) is 0 Å². The van der Waals surface area contributed by atoms with Crippen LogP contribution in [0.15, 0.2) is 21.6 Å². The second-order valence-corrected chi connectivity index (χ2v) is 5.35. The smallest absolute Gasteiger partial charge is 0.0907 e. The van der Waals surface area contributed by atoms with Crippen LogP contribution in [0.5, 0.6) is 0 Å². The standard InChI is InChI=1S/C9H9BrClIN2/c1-14(2)5-13-9-3-6(10)7(11)4-8(9)12/h3-5H,1-2H3/b13-5+. The molecule has 1 aromatic carbocycles. The number of aliphatic imine (C=N–C) groups is 1. The topological polar surface area (TPSA) is 15.6 Å². The van der Waals surface area contributed by atoms with E-state index in [4.69, 9.17) is 11.6 Å². The van der Waals surface area contributed by atoms with Crippen molar-refractivity contribution in [2.24, 2.45) is 4.99 Å². The van der Waals surface area contributed by atoms with Crippen molar-refractivity contribution in [2.45, 2.75) is 0 Å². The van der Waals surface area contributed by atoms with Crippen LogP contribution >= 0.6 is 50.1 Å². The molecule has 2 nitrogen and oxygen atoms in total. The number of nitrogens with zero attached hydrogens (tertiary/aromatic N) is 2. The van der Waals surface area contributed by atoms with Gasteiger partial charge in [0.1, 0.15) is 0 Å². The predicted octanol–water partition coefficient (Wildman–Crippen LogP) is 3.93. The zero-order valence-corrected chi connectivity index (χ0v) is 12.3. The van der Waals surface area contributed by atoms with Gasteiger partial charge in [-0.05, 0) is 50.7 Å². The minimum absolute atomic E-state index is 0.707. The van der Waals surface area contributed by atoms with Crippen molar-refractivity contribution in [3.05, 3.63) is 25.2 Å². The molecule has 0 aliphatic rings. The van der Waals surface area contributed by atoms with Gasteiger partial charge in [-0.2, -0.15) is 0 Å². The molecule has 0 fully saturated rings. The molecule has 0 heterocycles. The van der Waals surface area contributed by atoms with Gasteiger partial charge >= 0.3 is 0 Å². The van der Waals surface area contributed by atoms with Gasteiger partial charge in [0.2, 0.25) is 0 Å². The molecule has 0 spiro atoms. The lowest BCUT2D eigenvalue weighted by Crippen LogP contribution is -2.07. The molecule has 1 aromatic rings. The first-order chi connectivity index (χ1) is 6.50. The maximum atomic E-state index is 5.93. The highest BCUT2D eigenvalue weighted by Crippen LogP contribution is 2.31. The normalized spacial score (nSPS) is 10.9. The second kappa shape index (κ2) is 5.32. The SMILES string of the molecule is CN(C)/C=N/c1cc(Br)c(Cl)cc1I. The molecule has 0 aliphatic heterocycles. The largest absolute Gasteiger partial charge is 0.369 e. The Kier molecular flexibility index (Phi) is 4.66. The Morgan fingerprint density at radius 1 is 1.50 bits per heavy atom. The first-order valence-electron chi connectivity index (χ1n) is 3.86. The van der Waals surface area contributed by atoms with Crippen molar-refractivity contribution in [3.63, 3.8) is 0 Å². The molecule has 0 radical (unpaired) electrons. The molecule has 0 aliphatic carbocycles. The summed E-state index contributed by atoms with van der Waals surface area (Å²) in [5.41, 5.74) is 0.913. The molecule has 0 unspecified atom stereocenters. The molecule has 14 heavy (non-hydrogen) atoms. The third kappa shape index (κ3) is 3.40. The molecule has 76 valence electrons. The Morgan fingerprint density at radius 2 is 2.14 bits per heavy atom. The Labute approximate surface area is 111 Å². The van der Waals surface area contributed by atoms with Gasteiger partial charge in [0, 0.05) is 22.1 Å². The minimum Gasteiger partial charge on any atom is -0.369 e.